The molecule has 0 saturated carbocycles. The molecule has 0 aromatic carbocycles. The van der Waals surface area contributed by atoms with Crippen LogP contribution in [0.25, 0.3) is 0 Å². The smallest absolute Gasteiger partial charge is 0.242 e. The highest BCUT2D eigenvalue weighted by molar-refractivity contribution is 7.89. The van der Waals surface area contributed by atoms with Crippen LogP contribution in [-0.4, -0.2) is 18.9 Å². The van der Waals surface area contributed by atoms with Gasteiger partial charge in [0.2, 0.25) is 10.0 Å². The molecule has 0 radical (unpaired) electrons. The minimum Gasteiger partial charge on any atom is -0.243 e. The van der Waals surface area contributed by atoms with Crippen molar-refractivity contribution < 1.29 is 8.42 Å². The molecule has 0 fully saturated rings. The zero-order valence-electron chi connectivity index (χ0n) is 10.9. The maximum atomic E-state index is 12.2. The van der Waals surface area contributed by atoms with Crippen LogP contribution in [0.5, 0.6) is 0 Å². The van der Waals surface area contributed by atoms with Gasteiger partial charge in [0.25, 0.3) is 0 Å². The van der Waals surface area contributed by atoms with E-state index in [0.29, 0.717) is 0 Å². The second-order valence-electron chi connectivity index (χ2n) is 4.26. The Balaban J connectivity index is 3.04. The molecule has 0 atom stereocenters. The molecule has 0 aliphatic rings. The van der Waals surface area contributed by atoms with Crippen LogP contribution in [0.4, 0.5) is 0 Å². The lowest BCUT2D eigenvalue weighted by atomic mass is 9.91. The molecule has 1 rings (SSSR count). The first-order valence-corrected chi connectivity index (χ1v) is 7.90. The SMILES string of the molecule is CCC(CC)(CC)NS(=O)(=O)c1ccc(Cl)nc1. The standard InChI is InChI=1S/C12H19ClN2O2S/c1-4-12(5-2,6-3)15-18(16,17)10-7-8-11(13)14-9-10/h7-9,15H,4-6H2,1-3H3. The van der Waals surface area contributed by atoms with E-state index in [1.807, 2.05) is 20.8 Å². The first-order chi connectivity index (χ1) is 8.39. The Morgan fingerprint density at radius 1 is 1.22 bits per heavy atom. The van der Waals surface area contributed by atoms with Gasteiger partial charge in [-0.2, -0.15) is 0 Å². The summed E-state index contributed by atoms with van der Waals surface area (Å²) in [5, 5.41) is 0.279. The van der Waals surface area contributed by atoms with E-state index >= 15 is 0 Å². The summed E-state index contributed by atoms with van der Waals surface area (Å²) in [6, 6.07) is 2.94. The van der Waals surface area contributed by atoms with Gasteiger partial charge in [0, 0.05) is 11.7 Å². The molecule has 1 heterocycles. The van der Waals surface area contributed by atoms with E-state index in [4.69, 9.17) is 11.6 Å². The van der Waals surface area contributed by atoms with Crippen molar-refractivity contribution in [3.63, 3.8) is 0 Å². The number of pyridine rings is 1. The first kappa shape index (κ1) is 15.4. The molecule has 0 aliphatic carbocycles. The second-order valence-corrected chi connectivity index (χ2v) is 6.33. The number of nitrogens with one attached hydrogen (secondary N) is 1. The molecule has 6 heteroatoms. The first-order valence-electron chi connectivity index (χ1n) is 6.04. The maximum Gasteiger partial charge on any atom is 0.242 e. The highest BCUT2D eigenvalue weighted by Crippen LogP contribution is 2.23. The Hall–Kier alpha value is -0.650. The quantitative estimate of drug-likeness (QED) is 0.819. The third-order valence-corrected chi connectivity index (χ3v) is 5.18. The molecule has 0 amide bonds. The summed E-state index contributed by atoms with van der Waals surface area (Å²) in [5.74, 6) is 0. The fourth-order valence-electron chi connectivity index (χ4n) is 1.83. The summed E-state index contributed by atoms with van der Waals surface area (Å²) in [6.45, 7) is 5.95. The molecule has 0 unspecified atom stereocenters. The van der Waals surface area contributed by atoms with E-state index in [-0.39, 0.29) is 10.0 Å². The van der Waals surface area contributed by atoms with Crippen LogP contribution in [0.1, 0.15) is 40.0 Å². The van der Waals surface area contributed by atoms with Crippen molar-refractivity contribution in [2.45, 2.75) is 50.5 Å². The number of aromatic nitrogens is 1. The molecule has 0 bridgehead atoms. The number of sulfonamides is 1. The van der Waals surface area contributed by atoms with Gasteiger partial charge >= 0.3 is 0 Å². The number of hydrogen-bond donors (Lipinski definition) is 1. The van der Waals surface area contributed by atoms with E-state index in [0.717, 1.165) is 19.3 Å². The average molecular weight is 291 g/mol. The number of rotatable bonds is 6. The Kier molecular flexibility index (Phi) is 5.13. The summed E-state index contributed by atoms with van der Waals surface area (Å²) < 4.78 is 27.3. The topological polar surface area (TPSA) is 59.1 Å². The molecule has 102 valence electrons. The van der Waals surface area contributed by atoms with E-state index in [9.17, 15) is 8.42 Å². The second kappa shape index (κ2) is 5.99. The monoisotopic (exact) mass is 290 g/mol. The highest BCUT2D eigenvalue weighted by Gasteiger charge is 2.30. The van der Waals surface area contributed by atoms with Crippen LogP contribution in [0.3, 0.4) is 0 Å². The van der Waals surface area contributed by atoms with Crippen LogP contribution < -0.4 is 4.72 Å². The van der Waals surface area contributed by atoms with Gasteiger partial charge in [-0.15, -0.1) is 0 Å². The number of halogens is 1. The summed E-state index contributed by atoms with van der Waals surface area (Å²) in [7, 11) is -3.54. The Labute approximate surface area is 114 Å². The predicted molar refractivity (Wildman–Crippen MR) is 73.2 cm³/mol. The fraction of sp³-hybridized carbons (Fsp3) is 0.583. The molecule has 0 saturated heterocycles. The van der Waals surface area contributed by atoms with Gasteiger partial charge in [-0.25, -0.2) is 18.1 Å². The summed E-state index contributed by atoms with van der Waals surface area (Å²) >= 11 is 5.65. The average Bonchev–Trinajstić information content (AvgIpc) is 2.37. The lowest BCUT2D eigenvalue weighted by Crippen LogP contribution is -2.46. The largest absolute Gasteiger partial charge is 0.243 e. The van der Waals surface area contributed by atoms with Gasteiger partial charge < -0.3 is 0 Å². The van der Waals surface area contributed by atoms with Crippen LogP contribution in [-0.2, 0) is 10.0 Å². The molecule has 1 aromatic heterocycles. The molecule has 0 spiro atoms. The van der Waals surface area contributed by atoms with Gasteiger partial charge in [-0.1, -0.05) is 32.4 Å². The van der Waals surface area contributed by atoms with Gasteiger partial charge in [0.05, 0.1) is 0 Å². The lowest BCUT2D eigenvalue weighted by Gasteiger charge is -2.31. The maximum absolute atomic E-state index is 12.2. The summed E-state index contributed by atoms with van der Waals surface area (Å²) in [4.78, 5) is 3.94. The number of nitrogens with zero attached hydrogens (tertiary/aromatic N) is 1. The molecule has 1 N–H and O–H groups in total. The van der Waals surface area contributed by atoms with Gasteiger partial charge in [-0.05, 0) is 31.4 Å². The summed E-state index contributed by atoms with van der Waals surface area (Å²) in [5.41, 5.74) is -0.390. The molecule has 18 heavy (non-hydrogen) atoms. The van der Waals surface area contributed by atoms with Crippen molar-refractivity contribution >= 4 is 21.6 Å². The third kappa shape index (κ3) is 3.43. The van der Waals surface area contributed by atoms with Crippen LogP contribution in [0.15, 0.2) is 23.2 Å². The molecular weight excluding hydrogens is 272 g/mol. The van der Waals surface area contributed by atoms with Crippen LogP contribution in [0, 0.1) is 0 Å². The predicted octanol–water partition coefficient (Wildman–Crippen LogP) is 2.98. The van der Waals surface area contributed by atoms with E-state index < -0.39 is 15.6 Å². The minimum atomic E-state index is -3.54. The van der Waals surface area contributed by atoms with Crippen molar-refractivity contribution in [2.75, 3.05) is 0 Å². The normalized spacial score (nSPS) is 12.7. The van der Waals surface area contributed by atoms with Gasteiger partial charge in [0.15, 0.2) is 0 Å². The van der Waals surface area contributed by atoms with E-state index in [2.05, 4.69) is 9.71 Å². The molecule has 0 aliphatic heterocycles. The lowest BCUT2D eigenvalue weighted by molar-refractivity contribution is 0.341. The highest BCUT2D eigenvalue weighted by atomic mass is 35.5. The van der Waals surface area contributed by atoms with Gasteiger partial charge in [-0.3, -0.25) is 0 Å². The zero-order chi connectivity index (χ0) is 13.8. The van der Waals surface area contributed by atoms with Crippen molar-refractivity contribution in [1.29, 1.82) is 0 Å². The Morgan fingerprint density at radius 2 is 1.78 bits per heavy atom. The molecule has 4 nitrogen and oxygen atoms in total. The van der Waals surface area contributed by atoms with Crippen molar-refractivity contribution in [3.05, 3.63) is 23.5 Å². The van der Waals surface area contributed by atoms with E-state index in [1.165, 1.54) is 18.3 Å². The van der Waals surface area contributed by atoms with Crippen LogP contribution in [0.2, 0.25) is 5.15 Å². The number of hydrogen-bond acceptors (Lipinski definition) is 3. The third-order valence-electron chi connectivity index (χ3n) is 3.39. The minimum absolute atomic E-state index is 0.145. The molecule has 1 aromatic rings. The van der Waals surface area contributed by atoms with Crippen molar-refractivity contribution in [2.24, 2.45) is 0 Å². The molecular formula is C12H19ClN2O2S. The van der Waals surface area contributed by atoms with Crippen molar-refractivity contribution in [1.82, 2.24) is 9.71 Å². The summed E-state index contributed by atoms with van der Waals surface area (Å²) in [6.07, 6.45) is 3.52. The van der Waals surface area contributed by atoms with Crippen LogP contribution >= 0.6 is 11.6 Å². The fourth-order valence-corrected chi connectivity index (χ4v) is 3.50. The van der Waals surface area contributed by atoms with Crippen molar-refractivity contribution in [3.8, 4) is 0 Å². The zero-order valence-corrected chi connectivity index (χ0v) is 12.5. The van der Waals surface area contributed by atoms with E-state index in [1.54, 1.807) is 0 Å². The Bertz CT molecular complexity index is 473. The Morgan fingerprint density at radius 3 is 2.17 bits per heavy atom. The van der Waals surface area contributed by atoms with Gasteiger partial charge in [0.1, 0.15) is 10.0 Å².